The average molecular weight is 195 g/mol. The first-order chi connectivity index (χ1) is 1.41. The fraction of sp³-hybridized carbons (Fsp3) is 0. The van der Waals surface area contributed by atoms with Gasteiger partial charge in [-0.1, -0.05) is 5.40 Å². The Kier molecular flexibility index (Phi) is 122. The molecule has 0 saturated heterocycles. The van der Waals surface area contributed by atoms with E-state index < -0.39 is 0 Å². The quantitative estimate of drug-likeness (QED) is 0.238. The van der Waals surface area contributed by atoms with E-state index in [0.717, 1.165) is 0 Å². The summed E-state index contributed by atoms with van der Waals surface area (Å²) in [6, 6.07) is 0. The second-order valence-electron chi connectivity index (χ2n) is 0.0913. The van der Waals surface area contributed by atoms with E-state index in [9.17, 15) is 0 Å². The molecule has 0 radical (unpaired) electrons. The van der Waals surface area contributed by atoms with Gasteiger partial charge < -0.3 is 35.8 Å². The topological polar surface area (TPSA) is 60.3 Å². The second kappa shape index (κ2) is 29.3. The largest absolute Gasteiger partial charge is 1.00 e. The second-order valence-corrected chi connectivity index (χ2v) is 0.274. The standard InChI is InChI=1S/CHNS.BrH.K.H3N/c2-1-3;;;/h3H;1H;;1H3/q;;+1;/p-1. The number of nitriles is 1. The Morgan fingerprint density at radius 1 is 1.50 bits per heavy atom. The van der Waals surface area contributed by atoms with Gasteiger partial charge in [-0.05, 0) is 0 Å². The Balaban J connectivity index is -0.00000000667. The molecule has 0 saturated carbocycles. The minimum atomic E-state index is 0. The molecular formula is CH4BrKN2S. The molecule has 0 aromatic heterocycles. The van der Waals surface area contributed by atoms with Gasteiger partial charge in [-0.2, -0.15) is 0 Å². The molecule has 0 bridgehead atoms. The smallest absolute Gasteiger partial charge is 1.00 e. The molecule has 0 aliphatic rings. The van der Waals surface area contributed by atoms with Gasteiger partial charge in [0, 0.05) is 0 Å². The number of thiocyanates is 1. The van der Waals surface area contributed by atoms with E-state index in [1.807, 2.05) is 0 Å². The van der Waals surface area contributed by atoms with Gasteiger partial charge >= 0.3 is 51.4 Å². The molecule has 0 aromatic carbocycles. The third-order valence-corrected chi connectivity index (χ3v) is 0. The molecule has 32 valence electrons. The van der Waals surface area contributed by atoms with Crippen LogP contribution in [-0.2, 0) is 12.6 Å². The first kappa shape index (κ1) is 25.0. The summed E-state index contributed by atoms with van der Waals surface area (Å²) in [4.78, 5) is 0. The van der Waals surface area contributed by atoms with Crippen LogP contribution in [0.4, 0.5) is 0 Å². The van der Waals surface area contributed by atoms with Crippen molar-refractivity contribution in [2.24, 2.45) is 0 Å². The Hall–Kier alpha value is 1.79. The van der Waals surface area contributed by atoms with E-state index >= 15 is 0 Å². The molecule has 0 atom stereocenters. The summed E-state index contributed by atoms with van der Waals surface area (Å²) < 4.78 is 0. The molecule has 0 aromatic rings. The van der Waals surface area contributed by atoms with Crippen LogP contribution in [0.5, 0.6) is 0 Å². The summed E-state index contributed by atoms with van der Waals surface area (Å²) in [6.07, 6.45) is 0. The minimum Gasteiger partial charge on any atom is -1.00 e. The molecular weight excluding hydrogens is 191 g/mol. The molecule has 0 fully saturated rings. The van der Waals surface area contributed by atoms with Crippen LogP contribution in [0.1, 0.15) is 0 Å². The normalized spacial score (nSPS) is 1.17. The first-order valence-corrected chi connectivity index (χ1v) is 0.836. The Labute approximate surface area is 95.9 Å². The zero-order chi connectivity index (χ0) is 2.71. The van der Waals surface area contributed by atoms with Crippen molar-refractivity contribution in [3.05, 3.63) is 0 Å². The van der Waals surface area contributed by atoms with Gasteiger partial charge in [0.1, 0.15) is 0 Å². The molecule has 0 spiro atoms. The number of hydrogen-bond acceptors (Lipinski definition) is 2. The molecule has 0 unspecified atom stereocenters. The van der Waals surface area contributed by atoms with E-state index in [4.69, 9.17) is 5.26 Å². The van der Waals surface area contributed by atoms with Crippen molar-refractivity contribution >= 4 is 12.6 Å². The zero-order valence-corrected chi connectivity index (χ0v) is 9.26. The van der Waals surface area contributed by atoms with E-state index in [0.29, 0.717) is 0 Å². The van der Waals surface area contributed by atoms with Crippen LogP contribution in [-0.4, -0.2) is 0 Å². The van der Waals surface area contributed by atoms with Gasteiger partial charge in [-0.25, -0.2) is 5.26 Å². The molecule has 4 N–H and O–H groups in total. The summed E-state index contributed by atoms with van der Waals surface area (Å²) in [6.45, 7) is 0. The fourth-order valence-electron chi connectivity index (χ4n) is 0. The van der Waals surface area contributed by atoms with Crippen LogP contribution in [0.15, 0.2) is 0 Å². The molecule has 0 aliphatic heterocycles. The van der Waals surface area contributed by atoms with Crippen molar-refractivity contribution in [1.82, 2.24) is 6.15 Å². The molecule has 0 heterocycles. The van der Waals surface area contributed by atoms with E-state index in [-0.39, 0.29) is 74.5 Å². The number of quaternary nitrogens is 1. The first-order valence-electron chi connectivity index (χ1n) is 0.428. The van der Waals surface area contributed by atoms with Gasteiger partial charge in [0.05, 0.1) is 0 Å². The molecule has 0 amide bonds. The minimum absolute atomic E-state index is 0. The van der Waals surface area contributed by atoms with Gasteiger partial charge in [0.15, 0.2) is 0 Å². The summed E-state index contributed by atoms with van der Waals surface area (Å²) in [5, 5.41) is 8.47. The third kappa shape index (κ3) is 41.5. The predicted molar refractivity (Wildman–Crippen MR) is 19.0 cm³/mol. The van der Waals surface area contributed by atoms with Gasteiger partial charge in [-0.3, -0.25) is 0 Å². The maximum Gasteiger partial charge on any atom is 1.00 e. The number of hydrogen-bond donors (Lipinski definition) is 1. The SMILES string of the molecule is N#C[S-].[Br-].[K+].[NH4+]. The number of nitrogens with zero attached hydrogens (tertiary/aromatic N) is 1. The zero-order valence-electron chi connectivity index (χ0n) is 3.73. The Bertz CT molecular complexity index is 35.0. The summed E-state index contributed by atoms with van der Waals surface area (Å²) in [7, 11) is 0. The van der Waals surface area contributed by atoms with Gasteiger partial charge in [0.2, 0.25) is 0 Å². The average Bonchev–Trinajstić information content (AvgIpc) is 0.918. The maximum atomic E-state index is 7.13. The molecule has 0 rings (SSSR count). The monoisotopic (exact) mass is 194 g/mol. The number of rotatable bonds is 0. The van der Waals surface area contributed by atoms with Gasteiger partial charge in [0.25, 0.3) is 0 Å². The molecule has 6 heavy (non-hydrogen) atoms. The Morgan fingerprint density at radius 3 is 1.50 bits per heavy atom. The molecule has 0 aliphatic carbocycles. The van der Waals surface area contributed by atoms with Crippen LogP contribution in [0.25, 0.3) is 0 Å². The van der Waals surface area contributed by atoms with Crippen LogP contribution in [0.3, 0.4) is 0 Å². The fourth-order valence-corrected chi connectivity index (χ4v) is 0. The molecule has 2 nitrogen and oxygen atoms in total. The van der Waals surface area contributed by atoms with Crippen LogP contribution in [0.2, 0.25) is 0 Å². The van der Waals surface area contributed by atoms with E-state index in [2.05, 4.69) is 12.6 Å². The van der Waals surface area contributed by atoms with Crippen molar-refractivity contribution in [2.45, 2.75) is 0 Å². The summed E-state index contributed by atoms with van der Waals surface area (Å²) in [5.41, 5.74) is 0. The van der Waals surface area contributed by atoms with Crippen LogP contribution in [0, 0.1) is 10.7 Å². The van der Waals surface area contributed by atoms with E-state index in [1.54, 1.807) is 0 Å². The number of halogens is 1. The predicted octanol–water partition coefficient (Wildman–Crippen LogP) is -5.60. The van der Waals surface area contributed by atoms with Gasteiger partial charge in [-0.15, -0.1) is 0 Å². The third-order valence-electron chi connectivity index (χ3n) is 0. The summed E-state index contributed by atoms with van der Waals surface area (Å²) in [5.74, 6) is 0. The van der Waals surface area contributed by atoms with Crippen molar-refractivity contribution in [2.75, 3.05) is 0 Å². The van der Waals surface area contributed by atoms with Crippen LogP contribution >= 0.6 is 0 Å². The van der Waals surface area contributed by atoms with Crippen molar-refractivity contribution in [1.29, 1.82) is 5.26 Å². The molecule has 5 heteroatoms. The van der Waals surface area contributed by atoms with Crippen molar-refractivity contribution in [3.8, 4) is 5.40 Å². The van der Waals surface area contributed by atoms with Crippen molar-refractivity contribution in [3.63, 3.8) is 0 Å². The Morgan fingerprint density at radius 2 is 1.50 bits per heavy atom. The van der Waals surface area contributed by atoms with Crippen LogP contribution < -0.4 is 74.5 Å². The van der Waals surface area contributed by atoms with E-state index in [1.165, 1.54) is 5.40 Å². The maximum absolute atomic E-state index is 7.13. The summed E-state index contributed by atoms with van der Waals surface area (Å²) >= 11 is 3.70. The van der Waals surface area contributed by atoms with Crippen molar-refractivity contribution < 1.29 is 68.4 Å².